The third kappa shape index (κ3) is 4.54. The predicted octanol–water partition coefficient (Wildman–Crippen LogP) is 3.95. The van der Waals surface area contributed by atoms with Crippen LogP contribution in [0, 0.1) is 13.8 Å². The molecule has 28 heavy (non-hydrogen) atoms. The van der Waals surface area contributed by atoms with Gasteiger partial charge >= 0.3 is 5.97 Å². The van der Waals surface area contributed by atoms with Crippen LogP contribution in [-0.2, 0) is 11.2 Å². The van der Waals surface area contributed by atoms with Crippen LogP contribution < -0.4 is 5.43 Å². The molecule has 0 unspecified atom stereocenters. The number of benzene rings is 2. The maximum absolute atomic E-state index is 12.0. The van der Waals surface area contributed by atoms with E-state index in [0.717, 1.165) is 11.1 Å². The van der Waals surface area contributed by atoms with Crippen LogP contribution in [0.25, 0.3) is 11.3 Å². The Morgan fingerprint density at radius 2 is 1.86 bits per heavy atom. The highest BCUT2D eigenvalue weighted by Gasteiger charge is 2.13. The number of nitrogens with zero attached hydrogens (tertiary/aromatic N) is 1. The monoisotopic (exact) mass is 376 g/mol. The molecule has 3 rings (SSSR count). The molecule has 142 valence electrons. The van der Waals surface area contributed by atoms with Gasteiger partial charge < -0.3 is 9.52 Å². The number of aromatic carboxylic acids is 1. The van der Waals surface area contributed by atoms with E-state index in [1.165, 1.54) is 17.8 Å². The molecule has 3 aromatic rings. The summed E-state index contributed by atoms with van der Waals surface area (Å²) in [4.78, 5) is 23.3. The van der Waals surface area contributed by atoms with Crippen LogP contribution in [0.15, 0.2) is 64.1 Å². The number of nitrogens with one attached hydrogen (secondary N) is 1. The van der Waals surface area contributed by atoms with Crippen molar-refractivity contribution in [3.63, 3.8) is 0 Å². The van der Waals surface area contributed by atoms with Crippen LogP contribution in [0.5, 0.6) is 0 Å². The highest BCUT2D eigenvalue weighted by Crippen LogP contribution is 2.25. The minimum absolute atomic E-state index is 0.155. The van der Waals surface area contributed by atoms with Gasteiger partial charge in [0.25, 0.3) is 0 Å². The van der Waals surface area contributed by atoms with Crippen molar-refractivity contribution in [1.82, 2.24) is 5.43 Å². The highest BCUT2D eigenvalue weighted by molar-refractivity contribution is 5.95. The van der Waals surface area contributed by atoms with Gasteiger partial charge in [0.2, 0.25) is 5.91 Å². The van der Waals surface area contributed by atoms with Crippen molar-refractivity contribution < 1.29 is 19.1 Å². The molecule has 1 amide bonds. The molecule has 0 aliphatic heterocycles. The normalized spacial score (nSPS) is 10.9. The third-order valence-corrected chi connectivity index (χ3v) is 4.37. The standard InChI is InChI=1S/C22H20N2O4/c1-14-7-8-16(11-15(14)2)12-21(25)24-23-13-17-9-10-20(28-17)18-5-3-4-6-19(18)22(26)27/h3-11,13H,12H2,1-2H3,(H,24,25)(H,26,27)/b23-13-. The molecule has 0 saturated carbocycles. The Balaban J connectivity index is 1.63. The SMILES string of the molecule is Cc1ccc(CC(=O)N/N=C\c2ccc(-c3ccccc3C(=O)O)o2)cc1C. The molecule has 2 aromatic carbocycles. The number of aryl methyl sites for hydroxylation is 2. The maximum Gasteiger partial charge on any atom is 0.336 e. The molecular formula is C22H20N2O4. The molecule has 0 atom stereocenters. The van der Waals surface area contributed by atoms with Crippen molar-refractivity contribution in [2.24, 2.45) is 5.10 Å². The molecule has 6 heteroatoms. The van der Waals surface area contributed by atoms with E-state index in [2.05, 4.69) is 10.5 Å². The average Bonchev–Trinajstić information content (AvgIpc) is 3.13. The van der Waals surface area contributed by atoms with Crippen LogP contribution in [0.2, 0.25) is 0 Å². The van der Waals surface area contributed by atoms with E-state index in [1.54, 1.807) is 30.3 Å². The number of furan rings is 1. The number of carbonyl (C=O) groups excluding carboxylic acids is 1. The largest absolute Gasteiger partial charge is 0.478 e. The van der Waals surface area contributed by atoms with E-state index in [4.69, 9.17) is 4.42 Å². The van der Waals surface area contributed by atoms with E-state index >= 15 is 0 Å². The van der Waals surface area contributed by atoms with Gasteiger partial charge in [0.05, 0.1) is 18.2 Å². The summed E-state index contributed by atoms with van der Waals surface area (Å²) in [6.45, 7) is 4.03. The van der Waals surface area contributed by atoms with Crippen LogP contribution >= 0.6 is 0 Å². The first kappa shape index (κ1) is 19.1. The first-order valence-corrected chi connectivity index (χ1v) is 8.74. The van der Waals surface area contributed by atoms with Gasteiger partial charge in [-0.15, -0.1) is 0 Å². The van der Waals surface area contributed by atoms with Gasteiger partial charge in [-0.05, 0) is 48.7 Å². The maximum atomic E-state index is 12.0. The first-order chi connectivity index (χ1) is 13.4. The van der Waals surface area contributed by atoms with Gasteiger partial charge in [-0.1, -0.05) is 36.4 Å². The Kier molecular flexibility index (Phi) is 5.69. The van der Waals surface area contributed by atoms with Crippen molar-refractivity contribution in [1.29, 1.82) is 0 Å². The summed E-state index contributed by atoms with van der Waals surface area (Å²) in [5, 5.41) is 13.2. The van der Waals surface area contributed by atoms with Gasteiger partial charge in [-0.25, -0.2) is 10.2 Å². The highest BCUT2D eigenvalue weighted by atomic mass is 16.4. The molecule has 0 saturated heterocycles. The lowest BCUT2D eigenvalue weighted by Crippen LogP contribution is -2.19. The number of amides is 1. The Morgan fingerprint density at radius 1 is 1.07 bits per heavy atom. The lowest BCUT2D eigenvalue weighted by molar-refractivity contribution is -0.120. The van der Waals surface area contributed by atoms with Crippen molar-refractivity contribution in [3.8, 4) is 11.3 Å². The number of hydrazone groups is 1. The van der Waals surface area contributed by atoms with Crippen molar-refractivity contribution >= 4 is 18.1 Å². The molecule has 0 fully saturated rings. The predicted molar refractivity (Wildman–Crippen MR) is 106 cm³/mol. The lowest BCUT2D eigenvalue weighted by Gasteiger charge is -2.04. The minimum Gasteiger partial charge on any atom is -0.478 e. The summed E-state index contributed by atoms with van der Waals surface area (Å²) >= 11 is 0. The summed E-state index contributed by atoms with van der Waals surface area (Å²) in [6.07, 6.45) is 1.61. The van der Waals surface area contributed by atoms with Crippen molar-refractivity contribution in [2.45, 2.75) is 20.3 Å². The van der Waals surface area contributed by atoms with Gasteiger partial charge in [0.15, 0.2) is 0 Å². The zero-order valence-corrected chi connectivity index (χ0v) is 15.6. The zero-order valence-electron chi connectivity index (χ0n) is 15.6. The molecule has 1 heterocycles. The summed E-state index contributed by atoms with van der Waals surface area (Å²) < 4.78 is 5.63. The van der Waals surface area contributed by atoms with Crippen molar-refractivity contribution in [2.75, 3.05) is 0 Å². The molecule has 0 aliphatic rings. The van der Waals surface area contributed by atoms with E-state index in [0.29, 0.717) is 17.1 Å². The summed E-state index contributed by atoms with van der Waals surface area (Å²) in [5.74, 6) is -0.439. The molecule has 1 aromatic heterocycles. The molecule has 6 nitrogen and oxygen atoms in total. The summed E-state index contributed by atoms with van der Waals surface area (Å²) in [6, 6.07) is 15.8. The van der Waals surface area contributed by atoms with Crippen LogP contribution in [0.1, 0.15) is 32.8 Å². The molecule has 0 radical (unpaired) electrons. The summed E-state index contributed by atoms with van der Waals surface area (Å²) in [5.41, 5.74) is 6.34. The third-order valence-electron chi connectivity index (χ3n) is 4.37. The number of carboxylic acids is 1. The quantitative estimate of drug-likeness (QED) is 0.503. The van der Waals surface area contributed by atoms with Gasteiger partial charge in [0.1, 0.15) is 11.5 Å². The second-order valence-corrected chi connectivity index (χ2v) is 6.44. The van der Waals surface area contributed by atoms with Gasteiger partial charge in [-0.2, -0.15) is 5.10 Å². The average molecular weight is 376 g/mol. The number of carboxylic acid groups (broad SMARTS) is 1. The Hall–Kier alpha value is -3.67. The topological polar surface area (TPSA) is 91.9 Å². The fraction of sp³-hybridized carbons (Fsp3) is 0.136. The second kappa shape index (κ2) is 8.35. The fourth-order valence-electron chi connectivity index (χ4n) is 2.76. The molecule has 0 aliphatic carbocycles. The smallest absolute Gasteiger partial charge is 0.336 e. The van der Waals surface area contributed by atoms with Crippen molar-refractivity contribution in [3.05, 3.63) is 82.6 Å². The van der Waals surface area contributed by atoms with E-state index < -0.39 is 5.97 Å². The van der Waals surface area contributed by atoms with E-state index in [9.17, 15) is 14.7 Å². The summed E-state index contributed by atoms with van der Waals surface area (Å²) in [7, 11) is 0. The molecule has 2 N–H and O–H groups in total. The Morgan fingerprint density at radius 3 is 2.61 bits per heavy atom. The van der Waals surface area contributed by atoms with Crippen LogP contribution in [0.4, 0.5) is 0 Å². The molecule has 0 spiro atoms. The number of hydrogen-bond acceptors (Lipinski definition) is 4. The van der Waals surface area contributed by atoms with E-state index in [-0.39, 0.29) is 17.9 Å². The van der Waals surface area contributed by atoms with E-state index in [1.807, 2.05) is 32.0 Å². The minimum atomic E-state index is -1.03. The number of carbonyl (C=O) groups is 2. The Bertz CT molecular complexity index is 1050. The molecule has 0 bridgehead atoms. The van der Waals surface area contributed by atoms with Gasteiger partial charge in [-0.3, -0.25) is 4.79 Å². The van der Waals surface area contributed by atoms with Crippen LogP contribution in [0.3, 0.4) is 0 Å². The zero-order chi connectivity index (χ0) is 20.1. The lowest BCUT2D eigenvalue weighted by atomic mass is 10.0. The fourth-order valence-corrected chi connectivity index (χ4v) is 2.76. The molecular weight excluding hydrogens is 356 g/mol. The number of hydrogen-bond donors (Lipinski definition) is 2. The van der Waals surface area contributed by atoms with Gasteiger partial charge in [0, 0.05) is 5.56 Å². The second-order valence-electron chi connectivity index (χ2n) is 6.44. The number of rotatable bonds is 6. The first-order valence-electron chi connectivity index (χ1n) is 8.74. The Labute approximate surface area is 162 Å². The van der Waals surface area contributed by atoms with Crippen LogP contribution in [-0.4, -0.2) is 23.2 Å².